The quantitative estimate of drug-likeness (QED) is 0.177. The molecule has 3 aromatic heterocycles. The fourth-order valence-corrected chi connectivity index (χ4v) is 9.15. The van der Waals surface area contributed by atoms with Gasteiger partial charge < -0.3 is 19.5 Å². The summed E-state index contributed by atoms with van der Waals surface area (Å²) in [5.74, 6) is -2.72. The topological polar surface area (TPSA) is 157 Å². The molecule has 0 aliphatic carbocycles. The number of halogens is 3. The van der Waals surface area contributed by atoms with Gasteiger partial charge in [0.15, 0.2) is 11.2 Å². The van der Waals surface area contributed by atoms with Gasteiger partial charge in [-0.15, -0.1) is 10.2 Å². The van der Waals surface area contributed by atoms with Crippen molar-refractivity contribution in [1.82, 2.24) is 28.8 Å². The van der Waals surface area contributed by atoms with Crippen LogP contribution < -0.4 is 4.74 Å². The summed E-state index contributed by atoms with van der Waals surface area (Å²) in [4.78, 5) is 31.1. The number of pyridine rings is 2. The summed E-state index contributed by atoms with van der Waals surface area (Å²) in [6.45, 7) is 8.00. The monoisotopic (exact) mass is 792 g/mol. The third-order valence-electron chi connectivity index (χ3n) is 10.5. The number of likely N-dealkylation sites (tertiary alicyclic amines) is 1. The molecule has 1 atom stereocenters. The minimum Gasteiger partial charge on any atom is -0.465 e. The maximum Gasteiger partial charge on any atom is 0.452 e. The highest BCUT2D eigenvalue weighted by atomic mass is 32.2. The van der Waals surface area contributed by atoms with Crippen LogP contribution in [0.4, 0.5) is 18.0 Å². The molecule has 0 radical (unpaired) electrons. The third kappa shape index (κ3) is 6.93. The molecule has 1 amide bonds. The number of rotatable bonds is 8. The normalized spacial score (nSPS) is 17.1. The van der Waals surface area contributed by atoms with E-state index >= 15 is 0 Å². The van der Waals surface area contributed by atoms with Gasteiger partial charge in [0.25, 0.3) is 0 Å². The van der Waals surface area contributed by atoms with Gasteiger partial charge in [0, 0.05) is 24.9 Å². The number of nitrogens with zero attached hydrogens (tertiary/aromatic N) is 6. The summed E-state index contributed by atoms with van der Waals surface area (Å²) in [6, 6.07) is 17.5. The molecule has 1 unspecified atom stereocenters. The number of alkyl halides is 3. The maximum atomic E-state index is 14.4. The molecule has 2 aliphatic heterocycles. The lowest BCUT2D eigenvalue weighted by Gasteiger charge is -2.48. The molecule has 294 valence electrons. The molecule has 13 nitrogen and oxygen atoms in total. The highest BCUT2D eigenvalue weighted by molar-refractivity contribution is 7.89. The van der Waals surface area contributed by atoms with E-state index in [1.54, 1.807) is 45.9 Å². The van der Waals surface area contributed by atoms with E-state index in [1.165, 1.54) is 28.8 Å². The van der Waals surface area contributed by atoms with Crippen molar-refractivity contribution >= 4 is 27.7 Å². The van der Waals surface area contributed by atoms with Crippen molar-refractivity contribution in [2.75, 3.05) is 19.6 Å². The van der Waals surface area contributed by atoms with Crippen molar-refractivity contribution < 1.29 is 45.8 Å². The van der Waals surface area contributed by atoms with Gasteiger partial charge in [-0.25, -0.2) is 18.2 Å². The molecule has 0 saturated carbocycles. The van der Waals surface area contributed by atoms with Gasteiger partial charge in [0.1, 0.15) is 11.5 Å². The van der Waals surface area contributed by atoms with Crippen LogP contribution in [0.25, 0.3) is 5.65 Å². The van der Waals surface area contributed by atoms with Gasteiger partial charge in [0.2, 0.25) is 21.7 Å². The first-order valence-electron chi connectivity index (χ1n) is 17.7. The summed E-state index contributed by atoms with van der Waals surface area (Å²) in [6.07, 6.45) is -3.22. The van der Waals surface area contributed by atoms with Gasteiger partial charge >= 0.3 is 18.2 Å². The Morgan fingerprint density at radius 3 is 2.39 bits per heavy atom. The smallest absolute Gasteiger partial charge is 0.452 e. The molecule has 2 aromatic carbocycles. The Hall–Kier alpha value is -5.55. The van der Waals surface area contributed by atoms with Crippen LogP contribution in [0.3, 0.4) is 0 Å². The number of ether oxygens (including phenoxy) is 2. The van der Waals surface area contributed by atoms with Crippen LogP contribution in [0.2, 0.25) is 0 Å². The number of carbonyl (C=O) groups excluding carboxylic acids is 1. The molecular weight excluding hydrogens is 754 g/mol. The van der Waals surface area contributed by atoms with Crippen LogP contribution in [0.5, 0.6) is 5.88 Å². The van der Waals surface area contributed by atoms with E-state index in [0.29, 0.717) is 33.4 Å². The highest BCUT2D eigenvalue weighted by Crippen LogP contribution is 2.45. The maximum absolute atomic E-state index is 14.4. The molecule has 5 heterocycles. The van der Waals surface area contributed by atoms with Crippen LogP contribution >= 0.6 is 0 Å². The molecule has 1 spiro atoms. The average Bonchev–Trinajstić information content (AvgIpc) is 3.54. The Balaban J connectivity index is 1.32. The molecule has 1 fully saturated rings. The number of carboxylic acid groups (broad SMARTS) is 1. The van der Waals surface area contributed by atoms with Crippen molar-refractivity contribution in [3.05, 3.63) is 118 Å². The largest absolute Gasteiger partial charge is 0.465 e. The molecule has 0 bridgehead atoms. The number of carbonyl (C=O) groups is 2. The van der Waals surface area contributed by atoms with Crippen molar-refractivity contribution in [3.8, 4) is 5.88 Å². The van der Waals surface area contributed by atoms with E-state index in [-0.39, 0.29) is 49.2 Å². The molecule has 17 heteroatoms. The summed E-state index contributed by atoms with van der Waals surface area (Å²) in [7, 11) is -4.25. The predicted molar refractivity (Wildman–Crippen MR) is 195 cm³/mol. The fourth-order valence-electron chi connectivity index (χ4n) is 7.51. The van der Waals surface area contributed by atoms with Crippen LogP contribution in [0, 0.1) is 26.2 Å². The Morgan fingerprint density at radius 1 is 1.00 bits per heavy atom. The number of hydrogen-bond acceptors (Lipinski definition) is 9. The second kappa shape index (κ2) is 13.9. The zero-order chi connectivity index (χ0) is 40.4. The standard InChI is InChI=1S/C39H39F3N6O7S/c1-23-15-30-33(43-17-23)55-38(20-46(21-38)36(50)51)22-47(56(30,52)53)18-28-16-27(12-11-24(28)2)31(37(4,5)35(49)54-19-26-9-7-6-8-10-26)29-13-14-48-32(25(29)3)44-45-34(48)39(40,41)42/h6-17,31H,18-22H2,1-5H3,(H,50,51). The number of benzene rings is 2. The van der Waals surface area contributed by atoms with E-state index in [4.69, 9.17) is 9.47 Å². The average molecular weight is 793 g/mol. The highest BCUT2D eigenvalue weighted by Gasteiger charge is 2.53. The molecular formula is C39H39F3N6O7S. The summed E-state index contributed by atoms with van der Waals surface area (Å²) >= 11 is 0. The van der Waals surface area contributed by atoms with E-state index in [2.05, 4.69) is 15.2 Å². The second-order valence-corrected chi connectivity index (χ2v) is 16.9. The van der Waals surface area contributed by atoms with Crippen LogP contribution in [-0.2, 0) is 38.9 Å². The SMILES string of the molecule is Cc1cnc2c(c1)S(=O)(=O)N(Cc1cc(C(c3ccn4c(C(F)(F)F)nnc4c3C)C(C)(C)C(=O)OCc3ccccc3)ccc1C)CC1(CN(C(=O)O)C1)O2. The number of sulfonamides is 1. The molecule has 5 aromatic rings. The Bertz CT molecular complexity index is 2470. The molecule has 2 aliphatic rings. The predicted octanol–water partition coefficient (Wildman–Crippen LogP) is 6.29. The van der Waals surface area contributed by atoms with Gasteiger partial charge in [-0.2, -0.15) is 17.5 Å². The van der Waals surface area contributed by atoms with Gasteiger partial charge in [0.05, 0.1) is 25.0 Å². The first-order chi connectivity index (χ1) is 26.3. The minimum absolute atomic E-state index is 0.0160. The second-order valence-electron chi connectivity index (χ2n) is 15.0. The number of fused-ring (bicyclic) bond motifs is 2. The molecule has 1 saturated heterocycles. The number of hydrogen-bond donors (Lipinski definition) is 1. The number of aryl methyl sites for hydroxylation is 3. The van der Waals surface area contributed by atoms with Crippen molar-refractivity contribution in [3.63, 3.8) is 0 Å². The zero-order valence-electron chi connectivity index (χ0n) is 31.2. The van der Waals surface area contributed by atoms with Crippen molar-refractivity contribution in [2.24, 2.45) is 5.41 Å². The lowest BCUT2D eigenvalue weighted by atomic mass is 9.70. The fraction of sp³-hybridized carbons (Fsp3) is 0.359. The Morgan fingerprint density at radius 2 is 1.71 bits per heavy atom. The van der Waals surface area contributed by atoms with Crippen LogP contribution in [0.1, 0.15) is 64.5 Å². The summed E-state index contributed by atoms with van der Waals surface area (Å²) in [5.41, 5.74) is 1.46. The zero-order valence-corrected chi connectivity index (χ0v) is 32.0. The van der Waals surface area contributed by atoms with E-state index in [0.717, 1.165) is 14.9 Å². The first-order valence-corrected chi connectivity index (χ1v) is 19.1. The number of aromatic nitrogens is 4. The Labute approximate surface area is 320 Å². The molecule has 1 N–H and O–H groups in total. The molecule has 7 rings (SSSR count). The van der Waals surface area contributed by atoms with Gasteiger partial charge in [-0.05, 0) is 85.7 Å². The first kappa shape index (κ1) is 38.7. The number of esters is 1. The Kier molecular flexibility index (Phi) is 9.60. The van der Waals surface area contributed by atoms with Crippen molar-refractivity contribution in [1.29, 1.82) is 0 Å². The van der Waals surface area contributed by atoms with Crippen LogP contribution in [0.15, 0.2) is 78.0 Å². The van der Waals surface area contributed by atoms with E-state index in [1.807, 2.05) is 37.3 Å². The van der Waals surface area contributed by atoms with Crippen molar-refractivity contribution in [2.45, 2.75) is 70.4 Å². The molecule has 56 heavy (non-hydrogen) atoms. The number of amides is 1. The van der Waals surface area contributed by atoms with Gasteiger partial charge in [-0.1, -0.05) is 48.5 Å². The van der Waals surface area contributed by atoms with Crippen LogP contribution in [-0.4, -0.2) is 79.6 Å². The minimum atomic E-state index is -4.77. The third-order valence-corrected chi connectivity index (χ3v) is 12.3. The van der Waals surface area contributed by atoms with E-state index in [9.17, 15) is 36.3 Å². The summed E-state index contributed by atoms with van der Waals surface area (Å²) < 4.78 is 84.4. The lowest BCUT2D eigenvalue weighted by molar-refractivity contribution is -0.156. The van der Waals surface area contributed by atoms with E-state index < -0.39 is 51.0 Å². The lowest BCUT2D eigenvalue weighted by Crippen LogP contribution is -2.70. The summed E-state index contributed by atoms with van der Waals surface area (Å²) in [5, 5.41) is 16.9. The van der Waals surface area contributed by atoms with Gasteiger partial charge in [-0.3, -0.25) is 9.20 Å².